The minimum absolute atomic E-state index is 0.128. The van der Waals surface area contributed by atoms with Crippen LogP contribution in [0.2, 0.25) is 0 Å². The lowest BCUT2D eigenvalue weighted by molar-refractivity contribution is -0.118. The Morgan fingerprint density at radius 3 is 2.68 bits per heavy atom. The number of fused-ring (bicyclic) bond motifs is 1. The maximum atomic E-state index is 12.7. The monoisotopic (exact) mass is 294 g/mol. The number of benzene rings is 2. The summed E-state index contributed by atoms with van der Waals surface area (Å²) in [6.07, 6.45) is 0.943. The van der Waals surface area contributed by atoms with E-state index < -0.39 is 0 Å². The number of anilines is 2. The van der Waals surface area contributed by atoms with Gasteiger partial charge in [-0.05, 0) is 62.1 Å². The summed E-state index contributed by atoms with van der Waals surface area (Å²) in [5.74, 6) is 0.128. The maximum Gasteiger partial charge on any atom is 0.249 e. The lowest BCUT2D eigenvalue weighted by atomic mass is 10.1. The van der Waals surface area contributed by atoms with E-state index in [0.29, 0.717) is 0 Å². The fourth-order valence-electron chi connectivity index (χ4n) is 2.94. The number of nitrogens with one attached hydrogen (secondary N) is 1. The highest BCUT2D eigenvalue weighted by molar-refractivity contribution is 6.00. The van der Waals surface area contributed by atoms with Crippen LogP contribution in [0.3, 0.4) is 0 Å². The Labute approximate surface area is 132 Å². The number of hydrogen-bond donors (Lipinski definition) is 1. The van der Waals surface area contributed by atoms with Crippen LogP contribution in [0.5, 0.6) is 0 Å². The average molecular weight is 294 g/mol. The third kappa shape index (κ3) is 2.71. The highest BCUT2D eigenvalue weighted by Crippen LogP contribution is 2.28. The van der Waals surface area contributed by atoms with Crippen LogP contribution in [0, 0.1) is 13.8 Å². The van der Waals surface area contributed by atoms with Crippen molar-refractivity contribution >= 4 is 17.3 Å². The van der Waals surface area contributed by atoms with Gasteiger partial charge >= 0.3 is 0 Å². The topological polar surface area (TPSA) is 32.3 Å². The second kappa shape index (κ2) is 5.84. The lowest BCUT2D eigenvalue weighted by Gasteiger charge is -2.23. The van der Waals surface area contributed by atoms with E-state index in [1.165, 1.54) is 16.7 Å². The molecule has 3 nitrogen and oxygen atoms in total. The normalized spacial score (nSPS) is 14.6. The first kappa shape index (κ1) is 14.6. The summed E-state index contributed by atoms with van der Waals surface area (Å²) >= 11 is 0. The van der Waals surface area contributed by atoms with Crippen molar-refractivity contribution in [2.24, 2.45) is 0 Å². The summed E-state index contributed by atoms with van der Waals surface area (Å²) in [7, 11) is 0. The molecule has 1 heterocycles. The van der Waals surface area contributed by atoms with Gasteiger partial charge in [0, 0.05) is 17.9 Å². The number of hydrogen-bond acceptors (Lipinski definition) is 2. The lowest BCUT2D eigenvalue weighted by Crippen LogP contribution is -2.40. The van der Waals surface area contributed by atoms with E-state index in [9.17, 15) is 4.79 Å². The molecule has 0 unspecified atom stereocenters. The van der Waals surface area contributed by atoms with Crippen molar-refractivity contribution < 1.29 is 4.79 Å². The molecule has 1 aliphatic rings. The van der Waals surface area contributed by atoms with E-state index >= 15 is 0 Å². The molecule has 2 aromatic rings. The Kier molecular flexibility index (Phi) is 3.88. The predicted octanol–water partition coefficient (Wildman–Crippen LogP) is 3.69. The Bertz CT molecular complexity index is 708. The standard InChI is InChI=1S/C19H22N2O/c1-13-8-9-17(12-14(13)2)20-15(3)19(22)21-11-10-16-6-4-5-7-18(16)21/h4-9,12,15,20H,10-11H2,1-3H3/t15-/m0/s1. The fraction of sp³-hybridized carbons (Fsp3) is 0.316. The first-order valence-corrected chi connectivity index (χ1v) is 7.79. The summed E-state index contributed by atoms with van der Waals surface area (Å²) in [6.45, 7) is 6.88. The highest BCUT2D eigenvalue weighted by atomic mass is 16.2. The third-order valence-corrected chi connectivity index (χ3v) is 4.41. The number of para-hydroxylation sites is 1. The number of carbonyl (C=O) groups excluding carboxylic acids is 1. The molecule has 0 fully saturated rings. The molecule has 0 bridgehead atoms. The van der Waals surface area contributed by atoms with Crippen LogP contribution in [0.25, 0.3) is 0 Å². The zero-order valence-corrected chi connectivity index (χ0v) is 13.4. The average Bonchev–Trinajstić information content (AvgIpc) is 2.94. The first-order valence-electron chi connectivity index (χ1n) is 7.79. The van der Waals surface area contributed by atoms with Crippen molar-refractivity contribution in [2.75, 3.05) is 16.8 Å². The minimum Gasteiger partial charge on any atom is -0.374 e. The van der Waals surface area contributed by atoms with E-state index in [0.717, 1.165) is 24.3 Å². The van der Waals surface area contributed by atoms with Crippen LogP contribution in [0.4, 0.5) is 11.4 Å². The van der Waals surface area contributed by atoms with Gasteiger partial charge in [0.1, 0.15) is 6.04 Å². The van der Waals surface area contributed by atoms with Crippen molar-refractivity contribution in [3.8, 4) is 0 Å². The molecule has 22 heavy (non-hydrogen) atoms. The smallest absolute Gasteiger partial charge is 0.249 e. The predicted molar refractivity (Wildman–Crippen MR) is 91.5 cm³/mol. The van der Waals surface area contributed by atoms with Gasteiger partial charge in [0.15, 0.2) is 0 Å². The van der Waals surface area contributed by atoms with Crippen LogP contribution >= 0.6 is 0 Å². The van der Waals surface area contributed by atoms with Gasteiger partial charge < -0.3 is 10.2 Å². The second-order valence-corrected chi connectivity index (χ2v) is 6.03. The molecule has 0 saturated carbocycles. The zero-order valence-electron chi connectivity index (χ0n) is 13.4. The molecular weight excluding hydrogens is 272 g/mol. The van der Waals surface area contributed by atoms with Crippen molar-refractivity contribution in [3.05, 3.63) is 59.2 Å². The fourth-order valence-corrected chi connectivity index (χ4v) is 2.94. The molecule has 1 aliphatic heterocycles. The molecular formula is C19H22N2O. The van der Waals surface area contributed by atoms with Gasteiger partial charge in [-0.3, -0.25) is 4.79 Å². The summed E-state index contributed by atoms with van der Waals surface area (Å²) in [4.78, 5) is 14.6. The largest absolute Gasteiger partial charge is 0.374 e. The molecule has 0 radical (unpaired) electrons. The second-order valence-electron chi connectivity index (χ2n) is 6.03. The Hall–Kier alpha value is -2.29. The van der Waals surface area contributed by atoms with Crippen LogP contribution < -0.4 is 10.2 Å². The van der Waals surface area contributed by atoms with Gasteiger partial charge in [0.25, 0.3) is 0 Å². The molecule has 0 spiro atoms. The van der Waals surface area contributed by atoms with Gasteiger partial charge in [-0.1, -0.05) is 24.3 Å². The van der Waals surface area contributed by atoms with Gasteiger partial charge in [-0.15, -0.1) is 0 Å². The molecule has 114 valence electrons. The molecule has 2 aromatic carbocycles. The molecule has 3 heteroatoms. The number of aryl methyl sites for hydroxylation is 2. The van der Waals surface area contributed by atoms with Crippen molar-refractivity contribution in [3.63, 3.8) is 0 Å². The van der Waals surface area contributed by atoms with Crippen LogP contribution in [0.15, 0.2) is 42.5 Å². The molecule has 0 aliphatic carbocycles. The maximum absolute atomic E-state index is 12.7. The van der Waals surface area contributed by atoms with E-state index in [4.69, 9.17) is 0 Å². The molecule has 1 N–H and O–H groups in total. The van der Waals surface area contributed by atoms with Crippen LogP contribution in [0.1, 0.15) is 23.6 Å². The molecule has 0 aromatic heterocycles. The number of carbonyl (C=O) groups is 1. The highest BCUT2D eigenvalue weighted by Gasteiger charge is 2.27. The molecule has 0 saturated heterocycles. The van der Waals surface area contributed by atoms with Gasteiger partial charge in [-0.2, -0.15) is 0 Å². The minimum atomic E-state index is -0.242. The van der Waals surface area contributed by atoms with Gasteiger partial charge in [-0.25, -0.2) is 0 Å². The SMILES string of the molecule is Cc1ccc(N[C@@H](C)C(=O)N2CCc3ccccc32)cc1C. The quantitative estimate of drug-likeness (QED) is 0.936. The van der Waals surface area contributed by atoms with Crippen molar-refractivity contribution in [1.82, 2.24) is 0 Å². The Balaban J connectivity index is 1.74. The summed E-state index contributed by atoms with van der Waals surface area (Å²) in [5.41, 5.74) is 5.81. The van der Waals surface area contributed by atoms with Crippen LogP contribution in [-0.4, -0.2) is 18.5 Å². The van der Waals surface area contributed by atoms with E-state index in [2.05, 4.69) is 37.4 Å². The van der Waals surface area contributed by atoms with Gasteiger partial charge in [0.05, 0.1) is 0 Å². The first-order chi connectivity index (χ1) is 10.6. The summed E-state index contributed by atoms with van der Waals surface area (Å²) in [6, 6.07) is 14.1. The Morgan fingerprint density at radius 1 is 1.14 bits per heavy atom. The van der Waals surface area contributed by atoms with E-state index in [1.54, 1.807) is 0 Å². The Morgan fingerprint density at radius 2 is 1.91 bits per heavy atom. The van der Waals surface area contributed by atoms with Crippen LogP contribution in [-0.2, 0) is 11.2 Å². The zero-order chi connectivity index (χ0) is 15.7. The summed E-state index contributed by atoms with van der Waals surface area (Å²) < 4.78 is 0. The van der Waals surface area contributed by atoms with Gasteiger partial charge in [0.2, 0.25) is 5.91 Å². The number of rotatable bonds is 3. The van der Waals surface area contributed by atoms with Crippen molar-refractivity contribution in [2.45, 2.75) is 33.2 Å². The molecule has 3 rings (SSSR count). The molecule has 1 amide bonds. The van der Waals surface area contributed by atoms with E-state index in [1.807, 2.05) is 36.1 Å². The third-order valence-electron chi connectivity index (χ3n) is 4.41. The van der Waals surface area contributed by atoms with E-state index in [-0.39, 0.29) is 11.9 Å². The van der Waals surface area contributed by atoms with Crippen molar-refractivity contribution in [1.29, 1.82) is 0 Å². The molecule has 1 atom stereocenters. The summed E-state index contributed by atoms with van der Waals surface area (Å²) in [5, 5.41) is 3.33. The number of nitrogens with zero attached hydrogens (tertiary/aromatic N) is 1. The number of amides is 1.